The van der Waals surface area contributed by atoms with E-state index < -0.39 is 33.4 Å². The van der Waals surface area contributed by atoms with Crippen molar-refractivity contribution in [3.05, 3.63) is 99.6 Å². The number of rotatable bonds is 13. The lowest BCUT2D eigenvalue weighted by Gasteiger charge is -2.33. The SMILES string of the molecule is CCC(C(=O)NCC(C)C)N(Cc1ccccc1Cl)C(=O)CN(c1cccc([N+](=O)[O-])c1)S(=O)(=O)c1ccccc1. The van der Waals surface area contributed by atoms with Crippen molar-refractivity contribution in [3.63, 3.8) is 0 Å². The molecule has 0 heterocycles. The number of amides is 2. The number of non-ortho nitro benzene ring substituents is 1. The van der Waals surface area contributed by atoms with E-state index in [-0.39, 0.29) is 41.1 Å². The molecule has 0 aromatic heterocycles. The second kappa shape index (κ2) is 14.1. The van der Waals surface area contributed by atoms with E-state index in [0.717, 1.165) is 10.4 Å². The van der Waals surface area contributed by atoms with E-state index in [0.29, 0.717) is 17.1 Å². The Labute approximate surface area is 245 Å². The predicted octanol–water partition coefficient (Wildman–Crippen LogP) is 5.02. The molecule has 0 fully saturated rings. The van der Waals surface area contributed by atoms with E-state index in [1.807, 2.05) is 13.8 Å². The summed E-state index contributed by atoms with van der Waals surface area (Å²) in [6.45, 7) is 5.27. The van der Waals surface area contributed by atoms with Gasteiger partial charge in [0, 0.05) is 30.2 Å². The van der Waals surface area contributed by atoms with Crippen molar-refractivity contribution < 1.29 is 22.9 Å². The van der Waals surface area contributed by atoms with Gasteiger partial charge in [0.15, 0.2) is 0 Å². The fraction of sp³-hybridized carbons (Fsp3) is 0.310. The molecule has 0 aliphatic rings. The van der Waals surface area contributed by atoms with Crippen molar-refractivity contribution in [2.75, 3.05) is 17.4 Å². The third-order valence-electron chi connectivity index (χ3n) is 6.31. The summed E-state index contributed by atoms with van der Waals surface area (Å²) in [5, 5.41) is 14.7. The van der Waals surface area contributed by atoms with Crippen molar-refractivity contribution in [1.82, 2.24) is 10.2 Å². The van der Waals surface area contributed by atoms with Gasteiger partial charge in [-0.2, -0.15) is 0 Å². The number of halogens is 1. The molecule has 1 unspecified atom stereocenters. The van der Waals surface area contributed by atoms with Crippen LogP contribution in [0.15, 0.2) is 83.8 Å². The number of hydrogen-bond acceptors (Lipinski definition) is 6. The Bertz CT molecular complexity index is 1480. The fourth-order valence-electron chi connectivity index (χ4n) is 4.16. The summed E-state index contributed by atoms with van der Waals surface area (Å²) < 4.78 is 28.5. The fourth-order valence-corrected chi connectivity index (χ4v) is 5.78. The van der Waals surface area contributed by atoms with Crippen molar-refractivity contribution >= 4 is 44.8 Å². The lowest BCUT2D eigenvalue weighted by molar-refractivity contribution is -0.384. The summed E-state index contributed by atoms with van der Waals surface area (Å²) in [5.41, 5.74) is 0.174. The van der Waals surface area contributed by atoms with Crippen LogP contribution in [0.5, 0.6) is 0 Å². The number of nitro benzene ring substituents is 1. The molecule has 41 heavy (non-hydrogen) atoms. The number of nitrogens with one attached hydrogen (secondary N) is 1. The van der Waals surface area contributed by atoms with Crippen LogP contribution in [0.3, 0.4) is 0 Å². The summed E-state index contributed by atoms with van der Waals surface area (Å²) >= 11 is 6.40. The van der Waals surface area contributed by atoms with E-state index in [9.17, 15) is 28.1 Å². The normalized spacial score (nSPS) is 12.0. The standard InChI is InChI=1S/C29H33ClN4O6S/c1-4-27(29(36)31-18-21(2)3)32(19-22-11-8-9-16-26(22)30)28(35)20-33(23-12-10-13-24(17-23)34(37)38)41(39,40)25-14-6-5-7-15-25/h5-17,21,27H,4,18-20H2,1-3H3,(H,31,36). The molecule has 10 nitrogen and oxygen atoms in total. The minimum atomic E-state index is -4.34. The maximum Gasteiger partial charge on any atom is 0.271 e. The molecular weight excluding hydrogens is 568 g/mol. The summed E-state index contributed by atoms with van der Waals surface area (Å²) in [5.74, 6) is -0.888. The first kappa shape index (κ1) is 31.6. The lowest BCUT2D eigenvalue weighted by Crippen LogP contribution is -2.52. The molecule has 0 aliphatic heterocycles. The molecule has 0 radical (unpaired) electrons. The first-order valence-corrected chi connectivity index (χ1v) is 14.9. The molecule has 3 aromatic carbocycles. The number of hydrogen-bond donors (Lipinski definition) is 1. The average Bonchev–Trinajstić information content (AvgIpc) is 2.95. The Morgan fingerprint density at radius 1 is 1.00 bits per heavy atom. The summed E-state index contributed by atoms with van der Waals surface area (Å²) in [6.07, 6.45) is 0.252. The van der Waals surface area contributed by atoms with Gasteiger partial charge in [-0.1, -0.05) is 74.8 Å². The zero-order chi connectivity index (χ0) is 30.2. The molecule has 0 spiro atoms. The Morgan fingerprint density at radius 2 is 1.66 bits per heavy atom. The van der Waals surface area contributed by atoms with Gasteiger partial charge in [-0.25, -0.2) is 8.42 Å². The van der Waals surface area contributed by atoms with Gasteiger partial charge in [0.25, 0.3) is 15.7 Å². The number of sulfonamides is 1. The maximum atomic E-state index is 14.0. The van der Waals surface area contributed by atoms with Crippen molar-refractivity contribution in [2.24, 2.45) is 5.92 Å². The minimum absolute atomic E-state index is 0.0553. The number of nitrogens with zero attached hydrogens (tertiary/aromatic N) is 3. The third-order valence-corrected chi connectivity index (χ3v) is 8.46. The number of carbonyl (C=O) groups is 2. The van der Waals surface area contributed by atoms with Crippen LogP contribution >= 0.6 is 11.6 Å². The number of benzene rings is 3. The molecule has 3 aromatic rings. The minimum Gasteiger partial charge on any atom is -0.354 e. The molecule has 0 saturated carbocycles. The van der Waals surface area contributed by atoms with Gasteiger partial charge in [-0.05, 0) is 42.2 Å². The Hall–Kier alpha value is -3.96. The maximum absolute atomic E-state index is 14.0. The molecule has 12 heteroatoms. The van der Waals surface area contributed by atoms with Gasteiger partial charge >= 0.3 is 0 Å². The number of anilines is 1. The first-order valence-electron chi connectivity index (χ1n) is 13.1. The molecule has 2 amide bonds. The largest absolute Gasteiger partial charge is 0.354 e. The highest BCUT2D eigenvalue weighted by atomic mass is 35.5. The summed E-state index contributed by atoms with van der Waals surface area (Å²) in [4.78, 5) is 39.3. The van der Waals surface area contributed by atoms with Gasteiger partial charge in [0.05, 0.1) is 15.5 Å². The van der Waals surface area contributed by atoms with Crippen LogP contribution in [0.2, 0.25) is 5.02 Å². The molecule has 1 N–H and O–H groups in total. The van der Waals surface area contributed by atoms with E-state index in [1.54, 1.807) is 37.3 Å². The molecule has 3 rings (SSSR count). The summed E-state index contributed by atoms with van der Waals surface area (Å²) in [7, 11) is -4.34. The van der Waals surface area contributed by atoms with E-state index in [1.165, 1.54) is 47.4 Å². The van der Waals surface area contributed by atoms with Crippen LogP contribution in [-0.4, -0.2) is 49.2 Å². The lowest BCUT2D eigenvalue weighted by atomic mass is 10.1. The molecule has 0 bridgehead atoms. The van der Waals surface area contributed by atoms with Crippen molar-refractivity contribution in [1.29, 1.82) is 0 Å². The van der Waals surface area contributed by atoms with Gasteiger partial charge in [0.1, 0.15) is 12.6 Å². The predicted molar refractivity (Wildman–Crippen MR) is 158 cm³/mol. The topological polar surface area (TPSA) is 130 Å². The second-order valence-corrected chi connectivity index (χ2v) is 12.0. The highest BCUT2D eigenvalue weighted by Gasteiger charge is 2.34. The quantitative estimate of drug-likeness (QED) is 0.216. The van der Waals surface area contributed by atoms with E-state index >= 15 is 0 Å². The zero-order valence-corrected chi connectivity index (χ0v) is 24.6. The van der Waals surface area contributed by atoms with Gasteiger partial charge in [0.2, 0.25) is 11.8 Å². The van der Waals surface area contributed by atoms with E-state index in [2.05, 4.69) is 5.32 Å². The van der Waals surface area contributed by atoms with Crippen LogP contribution in [0.4, 0.5) is 11.4 Å². The van der Waals surface area contributed by atoms with Gasteiger partial charge in [-0.15, -0.1) is 0 Å². The molecule has 1 atom stereocenters. The average molecular weight is 601 g/mol. The Kier molecular flexibility index (Phi) is 10.8. The Morgan fingerprint density at radius 3 is 2.27 bits per heavy atom. The monoisotopic (exact) mass is 600 g/mol. The number of nitro groups is 1. The van der Waals surface area contributed by atoms with Gasteiger partial charge in [-0.3, -0.25) is 24.0 Å². The van der Waals surface area contributed by atoms with Crippen LogP contribution < -0.4 is 9.62 Å². The second-order valence-electron chi connectivity index (χ2n) is 9.78. The summed E-state index contributed by atoms with van der Waals surface area (Å²) in [6, 6.07) is 18.5. The highest BCUT2D eigenvalue weighted by molar-refractivity contribution is 7.92. The highest BCUT2D eigenvalue weighted by Crippen LogP contribution is 2.28. The first-order chi connectivity index (χ1) is 19.4. The van der Waals surface area contributed by atoms with Crippen LogP contribution in [0.25, 0.3) is 0 Å². The molecule has 0 aliphatic carbocycles. The smallest absolute Gasteiger partial charge is 0.271 e. The van der Waals surface area contributed by atoms with Gasteiger partial charge < -0.3 is 10.2 Å². The third kappa shape index (κ3) is 8.05. The van der Waals surface area contributed by atoms with Crippen molar-refractivity contribution in [2.45, 2.75) is 44.7 Å². The molecule has 0 saturated heterocycles. The molecule has 218 valence electrons. The molecular formula is C29H33ClN4O6S. The van der Waals surface area contributed by atoms with Crippen LogP contribution in [0.1, 0.15) is 32.8 Å². The van der Waals surface area contributed by atoms with Crippen LogP contribution in [0, 0.1) is 16.0 Å². The zero-order valence-electron chi connectivity index (χ0n) is 23.1. The number of carbonyl (C=O) groups excluding carboxylic acids is 2. The van der Waals surface area contributed by atoms with Crippen LogP contribution in [-0.2, 0) is 26.2 Å². The van der Waals surface area contributed by atoms with E-state index in [4.69, 9.17) is 11.6 Å². The Balaban J connectivity index is 2.09. The van der Waals surface area contributed by atoms with Crippen molar-refractivity contribution in [3.8, 4) is 0 Å².